The van der Waals surface area contributed by atoms with Gasteiger partial charge in [0, 0.05) is 26.1 Å². The van der Waals surface area contributed by atoms with E-state index in [-0.39, 0.29) is 0 Å². The number of likely N-dealkylation sites (tertiary alicyclic amines) is 1. The highest BCUT2D eigenvalue weighted by Crippen LogP contribution is 2.20. The Morgan fingerprint density at radius 2 is 2.08 bits per heavy atom. The lowest BCUT2D eigenvalue weighted by atomic mass is 9.94. The zero-order valence-corrected chi connectivity index (χ0v) is 7.58. The number of piperidine rings is 1. The van der Waals surface area contributed by atoms with Gasteiger partial charge in [-0.3, -0.25) is 0 Å². The molecular weight excluding hydrogens is 152 g/mol. The van der Waals surface area contributed by atoms with Crippen LogP contribution in [0.1, 0.15) is 26.2 Å². The molecule has 1 saturated heterocycles. The number of hydrogen-bond acceptors (Lipinski definition) is 3. The monoisotopic (exact) mass is 168 g/mol. The molecule has 0 aromatic rings. The fourth-order valence-electron chi connectivity index (χ4n) is 1.47. The van der Waals surface area contributed by atoms with Crippen LogP contribution in [-0.4, -0.2) is 35.2 Å². The third-order valence-corrected chi connectivity index (χ3v) is 2.47. The SMILES string of the molecule is CC1(O)CCN(CCC#N)CC1. The van der Waals surface area contributed by atoms with Crippen LogP contribution in [0.5, 0.6) is 0 Å². The second-order valence-corrected chi connectivity index (χ2v) is 3.75. The van der Waals surface area contributed by atoms with Crippen molar-refractivity contribution in [2.24, 2.45) is 0 Å². The van der Waals surface area contributed by atoms with Crippen LogP contribution in [0.3, 0.4) is 0 Å². The van der Waals surface area contributed by atoms with Gasteiger partial charge < -0.3 is 10.0 Å². The van der Waals surface area contributed by atoms with Gasteiger partial charge in [0.15, 0.2) is 0 Å². The second kappa shape index (κ2) is 3.88. The van der Waals surface area contributed by atoms with Crippen LogP contribution < -0.4 is 0 Å². The molecule has 3 nitrogen and oxygen atoms in total. The summed E-state index contributed by atoms with van der Waals surface area (Å²) < 4.78 is 0. The van der Waals surface area contributed by atoms with Gasteiger partial charge in [-0.05, 0) is 19.8 Å². The maximum atomic E-state index is 9.63. The van der Waals surface area contributed by atoms with Gasteiger partial charge in [-0.25, -0.2) is 0 Å². The zero-order chi connectivity index (χ0) is 9.03. The van der Waals surface area contributed by atoms with Crippen LogP contribution in [0.25, 0.3) is 0 Å². The molecular formula is C9H16N2O. The summed E-state index contributed by atoms with van der Waals surface area (Å²) >= 11 is 0. The van der Waals surface area contributed by atoms with E-state index in [4.69, 9.17) is 5.26 Å². The molecule has 68 valence electrons. The molecule has 1 aliphatic rings. The average molecular weight is 168 g/mol. The highest BCUT2D eigenvalue weighted by molar-refractivity contribution is 4.83. The van der Waals surface area contributed by atoms with E-state index in [0.29, 0.717) is 6.42 Å². The topological polar surface area (TPSA) is 47.3 Å². The lowest BCUT2D eigenvalue weighted by Crippen LogP contribution is -2.42. The molecule has 0 unspecified atom stereocenters. The van der Waals surface area contributed by atoms with Crippen molar-refractivity contribution < 1.29 is 5.11 Å². The minimum Gasteiger partial charge on any atom is -0.390 e. The second-order valence-electron chi connectivity index (χ2n) is 3.75. The van der Waals surface area contributed by atoms with E-state index in [1.807, 2.05) is 6.92 Å². The Morgan fingerprint density at radius 1 is 1.50 bits per heavy atom. The Hall–Kier alpha value is -0.590. The quantitative estimate of drug-likeness (QED) is 0.661. The van der Waals surface area contributed by atoms with Gasteiger partial charge in [0.25, 0.3) is 0 Å². The molecule has 0 bridgehead atoms. The molecule has 0 aliphatic carbocycles. The summed E-state index contributed by atoms with van der Waals surface area (Å²) in [7, 11) is 0. The van der Waals surface area contributed by atoms with Gasteiger partial charge >= 0.3 is 0 Å². The third-order valence-electron chi connectivity index (χ3n) is 2.47. The van der Waals surface area contributed by atoms with Crippen LogP contribution in [0, 0.1) is 11.3 Å². The Labute approximate surface area is 73.6 Å². The summed E-state index contributed by atoms with van der Waals surface area (Å²) in [6.45, 7) is 4.59. The van der Waals surface area contributed by atoms with Gasteiger partial charge in [-0.2, -0.15) is 5.26 Å². The summed E-state index contributed by atoms with van der Waals surface area (Å²) in [5, 5.41) is 18.0. The number of nitriles is 1. The molecule has 1 N–H and O–H groups in total. The number of rotatable bonds is 2. The van der Waals surface area contributed by atoms with E-state index in [0.717, 1.165) is 32.5 Å². The first-order valence-electron chi connectivity index (χ1n) is 4.46. The van der Waals surface area contributed by atoms with Crippen molar-refractivity contribution >= 4 is 0 Å². The Bertz CT molecular complexity index is 173. The first-order valence-corrected chi connectivity index (χ1v) is 4.46. The molecule has 12 heavy (non-hydrogen) atoms. The van der Waals surface area contributed by atoms with Crippen LogP contribution in [0.15, 0.2) is 0 Å². The highest BCUT2D eigenvalue weighted by atomic mass is 16.3. The van der Waals surface area contributed by atoms with Crippen molar-refractivity contribution in [2.75, 3.05) is 19.6 Å². The molecule has 1 heterocycles. The first-order chi connectivity index (χ1) is 5.64. The van der Waals surface area contributed by atoms with E-state index in [1.54, 1.807) is 0 Å². The van der Waals surface area contributed by atoms with Gasteiger partial charge in [-0.15, -0.1) is 0 Å². The van der Waals surface area contributed by atoms with Gasteiger partial charge in [0.2, 0.25) is 0 Å². The van der Waals surface area contributed by atoms with E-state index >= 15 is 0 Å². The largest absolute Gasteiger partial charge is 0.390 e. The average Bonchev–Trinajstić information content (AvgIpc) is 2.03. The Balaban J connectivity index is 2.23. The number of aliphatic hydroxyl groups is 1. The van der Waals surface area contributed by atoms with Crippen molar-refractivity contribution in [1.29, 1.82) is 5.26 Å². The summed E-state index contributed by atoms with van der Waals surface area (Å²) in [4.78, 5) is 2.24. The molecule has 1 rings (SSSR count). The van der Waals surface area contributed by atoms with Crippen molar-refractivity contribution in [3.8, 4) is 6.07 Å². The van der Waals surface area contributed by atoms with E-state index in [2.05, 4.69) is 11.0 Å². The summed E-state index contributed by atoms with van der Waals surface area (Å²) in [6.07, 6.45) is 2.26. The predicted octanol–water partition coefficient (Wildman–Crippen LogP) is 0.747. The van der Waals surface area contributed by atoms with E-state index in [1.165, 1.54) is 0 Å². The molecule has 0 atom stereocenters. The Morgan fingerprint density at radius 3 is 2.58 bits per heavy atom. The van der Waals surface area contributed by atoms with Crippen molar-refractivity contribution in [3.63, 3.8) is 0 Å². The molecule has 0 saturated carbocycles. The maximum Gasteiger partial charge on any atom is 0.0644 e. The van der Waals surface area contributed by atoms with Gasteiger partial charge in [0.1, 0.15) is 0 Å². The molecule has 0 radical (unpaired) electrons. The Kier molecular flexibility index (Phi) is 3.07. The smallest absolute Gasteiger partial charge is 0.0644 e. The maximum absolute atomic E-state index is 9.63. The fourth-order valence-corrected chi connectivity index (χ4v) is 1.47. The van der Waals surface area contributed by atoms with Gasteiger partial charge in [0.05, 0.1) is 11.7 Å². The molecule has 1 fully saturated rings. The van der Waals surface area contributed by atoms with E-state index in [9.17, 15) is 5.11 Å². The van der Waals surface area contributed by atoms with Crippen molar-refractivity contribution in [1.82, 2.24) is 4.90 Å². The third kappa shape index (κ3) is 2.80. The first kappa shape index (κ1) is 9.50. The van der Waals surface area contributed by atoms with Crippen LogP contribution >= 0.6 is 0 Å². The standard InChI is InChI=1S/C9H16N2O/c1-9(12)3-7-11(8-4-9)6-2-5-10/h12H,2-4,6-8H2,1H3. The molecule has 3 heteroatoms. The normalized spacial score (nSPS) is 23.4. The number of hydrogen-bond donors (Lipinski definition) is 1. The number of nitrogens with zero attached hydrogens (tertiary/aromatic N) is 2. The lowest BCUT2D eigenvalue weighted by Gasteiger charge is -2.35. The summed E-state index contributed by atoms with van der Waals surface area (Å²) in [6, 6.07) is 2.13. The molecule has 1 aliphatic heterocycles. The molecule has 0 aromatic heterocycles. The predicted molar refractivity (Wildman–Crippen MR) is 46.5 cm³/mol. The van der Waals surface area contributed by atoms with Crippen LogP contribution in [0.2, 0.25) is 0 Å². The van der Waals surface area contributed by atoms with Crippen molar-refractivity contribution in [3.05, 3.63) is 0 Å². The summed E-state index contributed by atoms with van der Waals surface area (Å²) in [5.41, 5.74) is -0.469. The highest BCUT2D eigenvalue weighted by Gasteiger charge is 2.26. The minimum atomic E-state index is -0.469. The fraction of sp³-hybridized carbons (Fsp3) is 0.889. The molecule has 0 spiro atoms. The lowest BCUT2D eigenvalue weighted by molar-refractivity contribution is -0.00468. The van der Waals surface area contributed by atoms with Gasteiger partial charge in [-0.1, -0.05) is 0 Å². The van der Waals surface area contributed by atoms with Crippen LogP contribution in [0.4, 0.5) is 0 Å². The van der Waals surface area contributed by atoms with Crippen molar-refractivity contribution in [2.45, 2.75) is 31.8 Å². The minimum absolute atomic E-state index is 0.469. The molecule has 0 amide bonds. The van der Waals surface area contributed by atoms with E-state index < -0.39 is 5.60 Å². The van der Waals surface area contributed by atoms with Crippen LogP contribution in [-0.2, 0) is 0 Å². The molecule has 0 aromatic carbocycles. The summed E-state index contributed by atoms with van der Waals surface area (Å²) in [5.74, 6) is 0. The zero-order valence-electron chi connectivity index (χ0n) is 7.58.